The lowest BCUT2D eigenvalue weighted by Gasteiger charge is -2.08. The summed E-state index contributed by atoms with van der Waals surface area (Å²) >= 11 is 0. The Morgan fingerprint density at radius 1 is 1.71 bits per heavy atom. The molecule has 1 unspecified atom stereocenters. The van der Waals surface area contributed by atoms with Crippen LogP contribution in [0.3, 0.4) is 0 Å². The maximum atomic E-state index is 11.0. The summed E-state index contributed by atoms with van der Waals surface area (Å²) in [5.41, 5.74) is 7.53. The van der Waals surface area contributed by atoms with Gasteiger partial charge in [-0.3, -0.25) is 9.78 Å². The summed E-state index contributed by atoms with van der Waals surface area (Å²) in [6.07, 6.45) is 2.19. The molecule has 0 bridgehead atoms. The molecule has 4 heteroatoms. The molecule has 0 amide bonds. The third-order valence-electron chi connectivity index (χ3n) is 1.92. The van der Waals surface area contributed by atoms with Gasteiger partial charge in [0, 0.05) is 11.9 Å². The van der Waals surface area contributed by atoms with Crippen molar-refractivity contribution in [2.75, 3.05) is 7.11 Å². The number of carbonyl (C=O) groups is 1. The third-order valence-corrected chi connectivity index (χ3v) is 1.92. The Morgan fingerprint density at radius 3 is 3.00 bits per heavy atom. The first-order valence-electron chi connectivity index (χ1n) is 4.38. The van der Waals surface area contributed by atoms with Crippen LogP contribution in [0.1, 0.15) is 11.3 Å². The van der Waals surface area contributed by atoms with Gasteiger partial charge in [0.1, 0.15) is 6.04 Å². The van der Waals surface area contributed by atoms with Crippen molar-refractivity contribution < 1.29 is 9.53 Å². The zero-order chi connectivity index (χ0) is 10.6. The fourth-order valence-corrected chi connectivity index (χ4v) is 1.22. The number of methoxy groups -OCH3 is 1. The molecule has 0 fully saturated rings. The summed E-state index contributed by atoms with van der Waals surface area (Å²) < 4.78 is 4.53. The molecular weight excluding hydrogens is 180 g/mol. The van der Waals surface area contributed by atoms with Crippen molar-refractivity contribution >= 4 is 5.97 Å². The lowest BCUT2D eigenvalue weighted by atomic mass is 10.1. The number of hydrogen-bond acceptors (Lipinski definition) is 4. The Balaban J connectivity index is 2.64. The van der Waals surface area contributed by atoms with Crippen LogP contribution in [-0.4, -0.2) is 24.1 Å². The normalized spacial score (nSPS) is 12.2. The molecule has 14 heavy (non-hydrogen) atoms. The minimum absolute atomic E-state index is 0.389. The number of aromatic nitrogens is 1. The van der Waals surface area contributed by atoms with Crippen molar-refractivity contribution in [3.05, 3.63) is 29.6 Å². The molecule has 0 saturated carbocycles. The van der Waals surface area contributed by atoms with E-state index < -0.39 is 6.04 Å². The van der Waals surface area contributed by atoms with E-state index in [0.717, 1.165) is 11.3 Å². The number of esters is 1. The largest absolute Gasteiger partial charge is 0.468 e. The van der Waals surface area contributed by atoms with Gasteiger partial charge in [0.15, 0.2) is 0 Å². The van der Waals surface area contributed by atoms with Gasteiger partial charge >= 0.3 is 5.97 Å². The number of nitrogens with two attached hydrogens (primary N) is 1. The molecule has 2 N–H and O–H groups in total. The van der Waals surface area contributed by atoms with E-state index >= 15 is 0 Å². The second kappa shape index (κ2) is 4.72. The van der Waals surface area contributed by atoms with E-state index in [4.69, 9.17) is 5.73 Å². The molecule has 0 saturated heterocycles. The molecule has 1 aromatic heterocycles. The molecule has 0 aliphatic heterocycles. The van der Waals surface area contributed by atoms with Crippen LogP contribution in [0, 0.1) is 6.92 Å². The van der Waals surface area contributed by atoms with E-state index in [-0.39, 0.29) is 5.97 Å². The van der Waals surface area contributed by atoms with Crippen LogP contribution in [0.2, 0.25) is 0 Å². The van der Waals surface area contributed by atoms with Crippen LogP contribution in [0.25, 0.3) is 0 Å². The number of carbonyl (C=O) groups excluding carboxylic acids is 1. The molecule has 0 aromatic carbocycles. The number of pyridine rings is 1. The van der Waals surface area contributed by atoms with Crippen molar-refractivity contribution in [1.29, 1.82) is 0 Å². The number of ether oxygens (including phenoxy) is 1. The van der Waals surface area contributed by atoms with Gasteiger partial charge in [-0.15, -0.1) is 0 Å². The Labute approximate surface area is 83.1 Å². The molecule has 1 aromatic rings. The molecule has 0 spiro atoms. The highest BCUT2D eigenvalue weighted by atomic mass is 16.5. The Bertz CT molecular complexity index is 326. The van der Waals surface area contributed by atoms with E-state index in [2.05, 4.69) is 9.72 Å². The second-order valence-corrected chi connectivity index (χ2v) is 3.14. The number of aryl methyl sites for hydroxylation is 1. The second-order valence-electron chi connectivity index (χ2n) is 3.14. The first-order valence-corrected chi connectivity index (χ1v) is 4.38. The molecule has 1 heterocycles. The zero-order valence-corrected chi connectivity index (χ0v) is 8.36. The van der Waals surface area contributed by atoms with Crippen LogP contribution in [0.4, 0.5) is 0 Å². The lowest BCUT2D eigenvalue weighted by molar-refractivity contribution is -0.142. The zero-order valence-electron chi connectivity index (χ0n) is 8.36. The van der Waals surface area contributed by atoms with Crippen LogP contribution in [-0.2, 0) is 16.0 Å². The minimum atomic E-state index is -0.596. The van der Waals surface area contributed by atoms with Crippen molar-refractivity contribution in [3.63, 3.8) is 0 Å². The minimum Gasteiger partial charge on any atom is -0.468 e. The van der Waals surface area contributed by atoms with Crippen molar-refractivity contribution in [2.24, 2.45) is 5.73 Å². The molecule has 1 atom stereocenters. The highest BCUT2D eigenvalue weighted by Gasteiger charge is 2.13. The van der Waals surface area contributed by atoms with Crippen LogP contribution < -0.4 is 5.73 Å². The highest BCUT2D eigenvalue weighted by molar-refractivity contribution is 5.75. The van der Waals surface area contributed by atoms with Crippen LogP contribution in [0.15, 0.2) is 18.3 Å². The smallest absolute Gasteiger partial charge is 0.322 e. The Kier molecular flexibility index (Phi) is 3.59. The summed E-state index contributed by atoms with van der Waals surface area (Å²) in [5, 5.41) is 0. The number of hydrogen-bond donors (Lipinski definition) is 1. The summed E-state index contributed by atoms with van der Waals surface area (Å²) in [6, 6.07) is 3.15. The molecule has 4 nitrogen and oxygen atoms in total. The SMILES string of the molecule is COC(=O)C(N)Cc1ccnc(C)c1. The third kappa shape index (κ3) is 2.81. The first-order chi connectivity index (χ1) is 6.63. The fourth-order valence-electron chi connectivity index (χ4n) is 1.22. The van der Waals surface area contributed by atoms with Gasteiger partial charge in [-0.1, -0.05) is 0 Å². The molecule has 1 rings (SSSR count). The highest BCUT2D eigenvalue weighted by Crippen LogP contribution is 2.04. The molecule has 0 aliphatic carbocycles. The van der Waals surface area contributed by atoms with Crippen molar-refractivity contribution in [2.45, 2.75) is 19.4 Å². The van der Waals surface area contributed by atoms with Crippen molar-refractivity contribution in [1.82, 2.24) is 4.98 Å². The average molecular weight is 194 g/mol. The quantitative estimate of drug-likeness (QED) is 0.709. The molecular formula is C10H14N2O2. The molecule has 0 aliphatic rings. The van der Waals surface area contributed by atoms with E-state index in [1.54, 1.807) is 6.20 Å². The van der Waals surface area contributed by atoms with Crippen LogP contribution >= 0.6 is 0 Å². The van der Waals surface area contributed by atoms with Crippen LogP contribution in [0.5, 0.6) is 0 Å². The van der Waals surface area contributed by atoms with E-state index in [1.165, 1.54) is 7.11 Å². The number of rotatable bonds is 3. The average Bonchev–Trinajstić information content (AvgIpc) is 2.16. The standard InChI is InChI=1S/C10H14N2O2/c1-7-5-8(3-4-12-7)6-9(11)10(13)14-2/h3-5,9H,6,11H2,1-2H3. The monoisotopic (exact) mass is 194 g/mol. The van der Waals surface area contributed by atoms with Gasteiger partial charge in [0.2, 0.25) is 0 Å². The summed E-state index contributed by atoms with van der Waals surface area (Å²) in [6.45, 7) is 1.90. The first kappa shape index (κ1) is 10.7. The lowest BCUT2D eigenvalue weighted by Crippen LogP contribution is -2.33. The summed E-state index contributed by atoms with van der Waals surface area (Å²) in [4.78, 5) is 15.1. The van der Waals surface area contributed by atoms with Crippen molar-refractivity contribution in [3.8, 4) is 0 Å². The molecule has 0 radical (unpaired) electrons. The number of nitrogens with zero attached hydrogens (tertiary/aromatic N) is 1. The van der Waals surface area contributed by atoms with E-state index in [1.807, 2.05) is 19.1 Å². The predicted octanol–water partition coefficient (Wildman–Crippen LogP) is 0.433. The summed E-state index contributed by atoms with van der Waals surface area (Å²) in [7, 11) is 1.33. The Morgan fingerprint density at radius 2 is 2.43 bits per heavy atom. The topological polar surface area (TPSA) is 65.2 Å². The van der Waals surface area contributed by atoms with Gasteiger partial charge in [-0.2, -0.15) is 0 Å². The van der Waals surface area contributed by atoms with Gasteiger partial charge in [-0.25, -0.2) is 0 Å². The maximum absolute atomic E-state index is 11.0. The van der Waals surface area contributed by atoms with Gasteiger partial charge in [-0.05, 0) is 31.0 Å². The maximum Gasteiger partial charge on any atom is 0.322 e. The van der Waals surface area contributed by atoms with E-state index in [9.17, 15) is 4.79 Å². The van der Waals surface area contributed by atoms with Gasteiger partial charge in [0.05, 0.1) is 7.11 Å². The molecule has 76 valence electrons. The van der Waals surface area contributed by atoms with E-state index in [0.29, 0.717) is 6.42 Å². The summed E-state index contributed by atoms with van der Waals surface area (Å²) in [5.74, 6) is -0.389. The van der Waals surface area contributed by atoms with Gasteiger partial charge in [0.25, 0.3) is 0 Å². The fraction of sp³-hybridized carbons (Fsp3) is 0.400. The van der Waals surface area contributed by atoms with Gasteiger partial charge < -0.3 is 10.5 Å². The predicted molar refractivity (Wildman–Crippen MR) is 52.7 cm³/mol. The Hall–Kier alpha value is -1.42.